The molecular weight excluding hydrogens is 340 g/mol. The monoisotopic (exact) mass is 364 g/mol. The Labute approximate surface area is 158 Å². The quantitative estimate of drug-likeness (QED) is 0.771. The number of pyridine rings is 2. The van der Waals surface area contributed by atoms with Crippen LogP contribution < -0.4 is 15.2 Å². The Bertz CT molecular complexity index is 1010. The zero-order chi connectivity index (χ0) is 18.8. The zero-order valence-electron chi connectivity index (χ0n) is 15.7. The van der Waals surface area contributed by atoms with Gasteiger partial charge in [0, 0.05) is 50.0 Å². The summed E-state index contributed by atoms with van der Waals surface area (Å²) in [6.45, 7) is 6.33. The summed E-state index contributed by atoms with van der Waals surface area (Å²) in [6, 6.07) is 13.9. The minimum absolute atomic E-state index is 0.0291. The van der Waals surface area contributed by atoms with Gasteiger partial charge in [0.25, 0.3) is 5.56 Å². The van der Waals surface area contributed by atoms with Crippen LogP contribution in [-0.4, -0.2) is 48.2 Å². The molecule has 0 bridgehead atoms. The van der Waals surface area contributed by atoms with Crippen molar-refractivity contribution in [2.75, 3.05) is 38.2 Å². The van der Waals surface area contributed by atoms with Gasteiger partial charge in [-0.2, -0.15) is 0 Å². The molecule has 1 fully saturated rings. The van der Waals surface area contributed by atoms with Crippen LogP contribution in [0.3, 0.4) is 0 Å². The predicted octanol–water partition coefficient (Wildman–Crippen LogP) is 2.56. The summed E-state index contributed by atoms with van der Waals surface area (Å²) in [4.78, 5) is 24.7. The van der Waals surface area contributed by atoms with Gasteiger partial charge >= 0.3 is 0 Å². The van der Waals surface area contributed by atoms with E-state index in [0.717, 1.165) is 59.9 Å². The molecule has 0 radical (unpaired) electrons. The lowest BCUT2D eigenvalue weighted by atomic mass is 10.1. The van der Waals surface area contributed by atoms with Crippen molar-refractivity contribution in [3.63, 3.8) is 0 Å². The van der Waals surface area contributed by atoms with Gasteiger partial charge in [-0.15, -0.1) is 0 Å². The highest BCUT2D eigenvalue weighted by Crippen LogP contribution is 2.20. The lowest BCUT2D eigenvalue weighted by molar-refractivity contribution is 0.248. The smallest absolute Gasteiger partial charge is 0.252 e. The molecule has 3 aromatic rings. The van der Waals surface area contributed by atoms with E-state index < -0.39 is 0 Å². The largest absolute Gasteiger partial charge is 0.497 e. The molecule has 3 heterocycles. The van der Waals surface area contributed by atoms with E-state index in [-0.39, 0.29) is 5.56 Å². The second kappa shape index (κ2) is 7.40. The molecule has 0 spiro atoms. The van der Waals surface area contributed by atoms with Gasteiger partial charge in [-0.05, 0) is 42.6 Å². The maximum absolute atomic E-state index is 12.5. The highest BCUT2D eigenvalue weighted by molar-refractivity contribution is 5.80. The molecule has 0 amide bonds. The van der Waals surface area contributed by atoms with Gasteiger partial charge in [-0.25, -0.2) is 4.98 Å². The van der Waals surface area contributed by atoms with Crippen LogP contribution in [-0.2, 0) is 6.54 Å². The highest BCUT2D eigenvalue weighted by Gasteiger charge is 2.19. The van der Waals surface area contributed by atoms with E-state index >= 15 is 0 Å². The molecule has 1 N–H and O–H groups in total. The molecule has 27 heavy (non-hydrogen) atoms. The number of hydrogen-bond donors (Lipinski definition) is 1. The number of rotatable bonds is 4. The number of ether oxygens (including phenoxy) is 1. The number of benzene rings is 1. The topological polar surface area (TPSA) is 61.5 Å². The van der Waals surface area contributed by atoms with Crippen molar-refractivity contribution in [2.24, 2.45) is 0 Å². The molecule has 6 heteroatoms. The van der Waals surface area contributed by atoms with Crippen LogP contribution in [0.1, 0.15) is 11.3 Å². The first kappa shape index (κ1) is 17.5. The molecule has 1 saturated heterocycles. The van der Waals surface area contributed by atoms with Crippen molar-refractivity contribution in [2.45, 2.75) is 13.5 Å². The molecule has 1 aliphatic rings. The number of anilines is 1. The summed E-state index contributed by atoms with van der Waals surface area (Å²) < 4.78 is 5.23. The van der Waals surface area contributed by atoms with Crippen molar-refractivity contribution < 1.29 is 4.74 Å². The Hall–Kier alpha value is -2.86. The molecular formula is C21H24N4O2. The van der Waals surface area contributed by atoms with Crippen LogP contribution in [0.2, 0.25) is 0 Å². The first-order chi connectivity index (χ1) is 13.1. The second-order valence-electron chi connectivity index (χ2n) is 6.98. The number of hydrogen-bond acceptors (Lipinski definition) is 5. The van der Waals surface area contributed by atoms with Gasteiger partial charge in [0.05, 0.1) is 12.6 Å². The van der Waals surface area contributed by atoms with Crippen molar-refractivity contribution in [1.82, 2.24) is 14.9 Å². The van der Waals surface area contributed by atoms with Crippen LogP contribution in [0.25, 0.3) is 10.9 Å². The van der Waals surface area contributed by atoms with Gasteiger partial charge < -0.3 is 14.6 Å². The number of H-pyrrole nitrogens is 1. The Morgan fingerprint density at radius 1 is 1.11 bits per heavy atom. The van der Waals surface area contributed by atoms with E-state index in [1.165, 1.54) is 0 Å². The average molecular weight is 364 g/mol. The maximum Gasteiger partial charge on any atom is 0.252 e. The molecule has 4 rings (SSSR count). The van der Waals surface area contributed by atoms with Crippen LogP contribution in [0.5, 0.6) is 5.75 Å². The summed E-state index contributed by atoms with van der Waals surface area (Å²) in [6.07, 6.45) is 0. The van der Waals surface area contributed by atoms with E-state index in [2.05, 4.69) is 25.8 Å². The molecule has 1 aromatic carbocycles. The van der Waals surface area contributed by atoms with Crippen LogP contribution in [0, 0.1) is 6.92 Å². The van der Waals surface area contributed by atoms with Crippen LogP contribution in [0.15, 0.2) is 47.3 Å². The van der Waals surface area contributed by atoms with Gasteiger partial charge in [0.1, 0.15) is 11.6 Å². The fourth-order valence-corrected chi connectivity index (χ4v) is 3.55. The SMILES string of the molecule is COc1ccc2cc(CN3CCN(c4cccc(C)n4)CC3)c(=O)[nH]c2c1. The number of aromatic amines is 1. The van der Waals surface area contributed by atoms with Gasteiger partial charge in [0.15, 0.2) is 0 Å². The summed E-state index contributed by atoms with van der Waals surface area (Å²) in [5.41, 5.74) is 2.61. The lowest BCUT2D eigenvalue weighted by Crippen LogP contribution is -2.46. The van der Waals surface area contributed by atoms with E-state index in [1.807, 2.05) is 43.3 Å². The highest BCUT2D eigenvalue weighted by atomic mass is 16.5. The van der Waals surface area contributed by atoms with E-state index in [1.54, 1.807) is 7.11 Å². The van der Waals surface area contributed by atoms with E-state index in [4.69, 9.17) is 4.74 Å². The maximum atomic E-state index is 12.5. The van der Waals surface area contributed by atoms with Crippen molar-refractivity contribution in [1.29, 1.82) is 0 Å². The Kier molecular flexibility index (Phi) is 4.81. The lowest BCUT2D eigenvalue weighted by Gasteiger charge is -2.35. The molecule has 1 aliphatic heterocycles. The predicted molar refractivity (Wildman–Crippen MR) is 108 cm³/mol. The molecule has 6 nitrogen and oxygen atoms in total. The summed E-state index contributed by atoms with van der Waals surface area (Å²) >= 11 is 0. The number of nitrogens with one attached hydrogen (secondary N) is 1. The minimum Gasteiger partial charge on any atom is -0.497 e. The normalized spacial score (nSPS) is 15.3. The summed E-state index contributed by atoms with van der Waals surface area (Å²) in [5.74, 6) is 1.78. The molecule has 0 saturated carbocycles. The Morgan fingerprint density at radius 3 is 2.67 bits per heavy atom. The number of fused-ring (bicyclic) bond motifs is 1. The molecule has 140 valence electrons. The van der Waals surface area contributed by atoms with Gasteiger partial charge in [-0.1, -0.05) is 6.07 Å². The summed E-state index contributed by atoms with van der Waals surface area (Å²) in [7, 11) is 1.62. The fraction of sp³-hybridized carbons (Fsp3) is 0.333. The van der Waals surface area contributed by atoms with Gasteiger partial charge in [0.2, 0.25) is 0 Å². The number of piperazine rings is 1. The first-order valence-corrected chi connectivity index (χ1v) is 9.23. The van der Waals surface area contributed by atoms with Crippen LogP contribution >= 0.6 is 0 Å². The van der Waals surface area contributed by atoms with E-state index in [0.29, 0.717) is 6.54 Å². The average Bonchev–Trinajstić information content (AvgIpc) is 2.69. The molecule has 0 atom stereocenters. The number of aryl methyl sites for hydroxylation is 1. The van der Waals surface area contributed by atoms with Crippen LogP contribution in [0.4, 0.5) is 5.82 Å². The zero-order valence-corrected chi connectivity index (χ0v) is 15.7. The third-order valence-corrected chi connectivity index (χ3v) is 5.09. The third kappa shape index (κ3) is 3.80. The Balaban J connectivity index is 1.46. The Morgan fingerprint density at radius 2 is 1.93 bits per heavy atom. The second-order valence-corrected chi connectivity index (χ2v) is 6.98. The fourth-order valence-electron chi connectivity index (χ4n) is 3.55. The summed E-state index contributed by atoms with van der Waals surface area (Å²) in [5, 5.41) is 1.02. The molecule has 0 unspecified atom stereocenters. The number of nitrogens with zero attached hydrogens (tertiary/aromatic N) is 3. The number of methoxy groups -OCH3 is 1. The van der Waals surface area contributed by atoms with Crippen molar-refractivity contribution in [3.05, 3.63) is 64.1 Å². The van der Waals surface area contributed by atoms with E-state index in [9.17, 15) is 4.79 Å². The molecule has 2 aromatic heterocycles. The third-order valence-electron chi connectivity index (χ3n) is 5.09. The standard InChI is InChI=1S/C21H24N4O2/c1-15-4-3-5-20(22-15)25-10-8-24(9-11-25)14-17-12-16-6-7-18(27-2)13-19(16)23-21(17)26/h3-7,12-13H,8-11,14H2,1-2H3,(H,23,26). The van der Waals surface area contributed by atoms with Crippen molar-refractivity contribution in [3.8, 4) is 5.75 Å². The first-order valence-electron chi connectivity index (χ1n) is 9.23. The molecule has 0 aliphatic carbocycles. The van der Waals surface area contributed by atoms with Crippen molar-refractivity contribution >= 4 is 16.7 Å². The number of aromatic nitrogens is 2. The van der Waals surface area contributed by atoms with Gasteiger partial charge in [-0.3, -0.25) is 9.69 Å². The minimum atomic E-state index is -0.0291.